The molecule has 0 spiro atoms. The quantitative estimate of drug-likeness (QED) is 0.707. The molecule has 1 amide bonds. The van der Waals surface area contributed by atoms with Crippen molar-refractivity contribution in [3.05, 3.63) is 58.5 Å². The van der Waals surface area contributed by atoms with Gasteiger partial charge in [0.05, 0.1) is 24.8 Å². The number of carbonyl (C=O) groups is 1. The van der Waals surface area contributed by atoms with Gasteiger partial charge in [-0.2, -0.15) is 0 Å². The summed E-state index contributed by atoms with van der Waals surface area (Å²) in [4.78, 5) is 19.8. The van der Waals surface area contributed by atoms with Crippen molar-refractivity contribution in [2.75, 3.05) is 20.8 Å². The van der Waals surface area contributed by atoms with Gasteiger partial charge in [0, 0.05) is 12.1 Å². The molecule has 27 heavy (non-hydrogen) atoms. The first-order valence-electron chi connectivity index (χ1n) is 8.65. The van der Waals surface area contributed by atoms with E-state index in [2.05, 4.69) is 4.99 Å². The molecule has 0 unspecified atom stereocenters. The Hall–Kier alpha value is -2.73. The summed E-state index contributed by atoms with van der Waals surface area (Å²) in [6.45, 7) is 4.53. The number of para-hydroxylation sites is 1. The van der Waals surface area contributed by atoms with Crippen molar-refractivity contribution in [1.29, 1.82) is 0 Å². The van der Waals surface area contributed by atoms with Crippen molar-refractivity contribution in [2.24, 2.45) is 4.99 Å². The Balaban J connectivity index is 1.97. The van der Waals surface area contributed by atoms with Gasteiger partial charge in [-0.25, -0.2) is 4.99 Å². The molecule has 0 radical (unpaired) electrons. The smallest absolute Gasteiger partial charge is 0.266 e. The number of methoxy groups -OCH3 is 2. The van der Waals surface area contributed by atoms with Gasteiger partial charge in [0.1, 0.15) is 0 Å². The average Bonchev–Trinajstić information content (AvgIpc) is 2.97. The minimum absolute atomic E-state index is 0.0572. The molecule has 0 aromatic heterocycles. The van der Waals surface area contributed by atoms with E-state index in [9.17, 15) is 4.79 Å². The van der Waals surface area contributed by atoms with Crippen molar-refractivity contribution < 1.29 is 14.3 Å². The molecule has 0 N–H and O–H groups in total. The van der Waals surface area contributed by atoms with Crippen molar-refractivity contribution in [3.8, 4) is 11.5 Å². The van der Waals surface area contributed by atoms with E-state index in [0.717, 1.165) is 11.3 Å². The molecule has 6 heteroatoms. The largest absolute Gasteiger partial charge is 0.493 e. The molecule has 5 nitrogen and oxygen atoms in total. The van der Waals surface area contributed by atoms with Crippen molar-refractivity contribution in [1.82, 2.24) is 4.90 Å². The number of ether oxygens (including phenoxy) is 2. The normalized spacial score (nSPS) is 17.0. The third-order valence-corrected chi connectivity index (χ3v) is 5.19. The van der Waals surface area contributed by atoms with Crippen LogP contribution in [0.4, 0.5) is 5.69 Å². The molecule has 0 atom stereocenters. The summed E-state index contributed by atoms with van der Waals surface area (Å²) in [6.07, 6.45) is 1.83. The van der Waals surface area contributed by atoms with Gasteiger partial charge in [-0.15, -0.1) is 0 Å². The van der Waals surface area contributed by atoms with Crippen molar-refractivity contribution in [2.45, 2.75) is 13.8 Å². The Bertz CT molecular complexity index is 904. The molecule has 140 valence electrons. The lowest BCUT2D eigenvalue weighted by molar-refractivity contribution is -0.122. The predicted octanol–water partition coefficient (Wildman–Crippen LogP) is 4.64. The number of rotatable bonds is 5. The van der Waals surface area contributed by atoms with Gasteiger partial charge in [-0.05, 0) is 49.9 Å². The molecule has 0 saturated carbocycles. The third-order valence-electron chi connectivity index (χ3n) is 4.18. The van der Waals surface area contributed by atoms with Gasteiger partial charge < -0.3 is 9.47 Å². The lowest BCUT2D eigenvalue weighted by Crippen LogP contribution is -2.28. The second kappa shape index (κ2) is 8.31. The molecular weight excluding hydrogens is 360 g/mol. The van der Waals surface area contributed by atoms with Crippen LogP contribution in [0.15, 0.2) is 52.4 Å². The van der Waals surface area contributed by atoms with Crippen molar-refractivity contribution >= 4 is 34.6 Å². The molecule has 1 saturated heterocycles. The first kappa shape index (κ1) is 19.0. The summed E-state index contributed by atoms with van der Waals surface area (Å²) in [5, 5.41) is 0.680. The minimum atomic E-state index is -0.0572. The number of hydrogen-bond acceptors (Lipinski definition) is 5. The van der Waals surface area contributed by atoms with Crippen LogP contribution in [0.5, 0.6) is 11.5 Å². The highest BCUT2D eigenvalue weighted by Gasteiger charge is 2.32. The number of carbonyl (C=O) groups excluding carboxylic acids is 1. The van der Waals surface area contributed by atoms with Gasteiger partial charge >= 0.3 is 0 Å². The lowest BCUT2D eigenvalue weighted by atomic mass is 10.1. The topological polar surface area (TPSA) is 51.1 Å². The Morgan fingerprint density at radius 2 is 1.85 bits per heavy atom. The van der Waals surface area contributed by atoms with Gasteiger partial charge in [-0.3, -0.25) is 9.69 Å². The summed E-state index contributed by atoms with van der Waals surface area (Å²) >= 11 is 1.37. The van der Waals surface area contributed by atoms with Crippen LogP contribution in [0.3, 0.4) is 0 Å². The van der Waals surface area contributed by atoms with E-state index >= 15 is 0 Å². The molecule has 0 aliphatic carbocycles. The average molecular weight is 382 g/mol. The number of amidine groups is 1. The van der Waals surface area contributed by atoms with E-state index in [-0.39, 0.29) is 5.91 Å². The zero-order valence-corrected chi connectivity index (χ0v) is 16.7. The van der Waals surface area contributed by atoms with Gasteiger partial charge in [-0.1, -0.05) is 29.8 Å². The van der Waals surface area contributed by atoms with E-state index in [1.54, 1.807) is 19.1 Å². The Morgan fingerprint density at radius 3 is 2.48 bits per heavy atom. The maximum absolute atomic E-state index is 12.8. The molecule has 2 aromatic carbocycles. The van der Waals surface area contributed by atoms with Crippen LogP contribution in [-0.4, -0.2) is 36.7 Å². The fourth-order valence-electron chi connectivity index (χ4n) is 2.77. The van der Waals surface area contributed by atoms with Gasteiger partial charge in [0.15, 0.2) is 16.7 Å². The standard InChI is InChI=1S/C21H22N2O3S/c1-5-23-20(24)18(13-15-7-6-8-17(25-3)19(15)26-4)27-21(23)22-16-11-9-14(2)10-12-16/h6-13H,5H2,1-4H3/b18-13+,22-21?. The van der Waals surface area contributed by atoms with E-state index in [1.165, 1.54) is 17.3 Å². The third kappa shape index (κ3) is 4.01. The van der Waals surface area contributed by atoms with Crippen LogP contribution >= 0.6 is 11.8 Å². The maximum Gasteiger partial charge on any atom is 0.266 e. The SMILES string of the molecule is CCN1C(=O)/C(=C\c2cccc(OC)c2OC)SC1=Nc1ccc(C)cc1. The summed E-state index contributed by atoms with van der Waals surface area (Å²) in [6, 6.07) is 13.5. The molecule has 1 heterocycles. The molecule has 1 fully saturated rings. The van der Waals surface area contributed by atoms with Gasteiger partial charge in [0.25, 0.3) is 5.91 Å². The highest BCUT2D eigenvalue weighted by Crippen LogP contribution is 2.37. The molecule has 1 aliphatic rings. The fourth-order valence-corrected chi connectivity index (χ4v) is 3.82. The van der Waals surface area contributed by atoms with E-state index < -0.39 is 0 Å². The van der Waals surface area contributed by atoms with E-state index in [4.69, 9.17) is 9.47 Å². The van der Waals surface area contributed by atoms with E-state index in [1.807, 2.05) is 62.4 Å². The Morgan fingerprint density at radius 1 is 1.11 bits per heavy atom. The number of likely N-dealkylation sites (N-methyl/N-ethyl adjacent to an activating group) is 1. The molecule has 0 bridgehead atoms. The number of benzene rings is 2. The predicted molar refractivity (Wildman–Crippen MR) is 111 cm³/mol. The van der Waals surface area contributed by atoms with Crippen molar-refractivity contribution in [3.63, 3.8) is 0 Å². The second-order valence-corrected chi connectivity index (χ2v) is 6.98. The maximum atomic E-state index is 12.8. The second-order valence-electron chi connectivity index (χ2n) is 5.97. The minimum Gasteiger partial charge on any atom is -0.493 e. The molecule has 3 rings (SSSR count). The highest BCUT2D eigenvalue weighted by molar-refractivity contribution is 8.18. The van der Waals surface area contributed by atoms with Crippen LogP contribution in [0, 0.1) is 6.92 Å². The monoisotopic (exact) mass is 382 g/mol. The molecular formula is C21H22N2O3S. The first-order chi connectivity index (χ1) is 13.1. The number of aryl methyl sites for hydroxylation is 1. The molecule has 1 aliphatic heterocycles. The lowest BCUT2D eigenvalue weighted by Gasteiger charge is -2.12. The van der Waals surface area contributed by atoms with Crippen LogP contribution in [0.2, 0.25) is 0 Å². The fraction of sp³-hybridized carbons (Fsp3) is 0.238. The molecule has 2 aromatic rings. The number of aliphatic imine (C=N–C) groups is 1. The number of hydrogen-bond donors (Lipinski definition) is 0. The first-order valence-corrected chi connectivity index (χ1v) is 9.46. The number of thioether (sulfide) groups is 1. The van der Waals surface area contributed by atoms with Gasteiger partial charge in [0.2, 0.25) is 0 Å². The number of nitrogens with zero attached hydrogens (tertiary/aromatic N) is 2. The van der Waals surface area contributed by atoms with Crippen LogP contribution in [0.1, 0.15) is 18.1 Å². The highest BCUT2D eigenvalue weighted by atomic mass is 32.2. The van der Waals surface area contributed by atoms with E-state index in [0.29, 0.717) is 28.1 Å². The van der Waals surface area contributed by atoms with Crippen LogP contribution in [0.25, 0.3) is 6.08 Å². The summed E-state index contributed by atoms with van der Waals surface area (Å²) in [5.74, 6) is 1.18. The van der Waals surface area contributed by atoms with Crippen LogP contribution in [-0.2, 0) is 4.79 Å². The summed E-state index contributed by atoms with van der Waals surface area (Å²) in [5.41, 5.74) is 2.79. The summed E-state index contributed by atoms with van der Waals surface area (Å²) < 4.78 is 10.8. The zero-order valence-electron chi connectivity index (χ0n) is 15.9. The number of amides is 1. The Kier molecular flexibility index (Phi) is 5.86. The Labute approximate surface area is 163 Å². The summed E-state index contributed by atoms with van der Waals surface area (Å²) in [7, 11) is 3.18. The zero-order chi connectivity index (χ0) is 19.4. The van der Waals surface area contributed by atoms with Crippen LogP contribution < -0.4 is 9.47 Å².